The molecular weight excluding hydrogens is 372 g/mol. The third kappa shape index (κ3) is 4.99. The Morgan fingerprint density at radius 2 is 2.07 bits per heavy atom. The lowest BCUT2D eigenvalue weighted by molar-refractivity contribution is 0.0862. The molecule has 2 saturated carbocycles. The molecule has 0 aromatic rings. The van der Waals surface area contributed by atoms with Crippen LogP contribution in [0.3, 0.4) is 0 Å². The number of hydrogen-bond donors (Lipinski definition) is 3. The Bertz CT molecular complexity index is 826. The summed E-state index contributed by atoms with van der Waals surface area (Å²) in [5.41, 5.74) is 3.95. The number of hydrogen-bond acceptors (Lipinski definition) is 3. The van der Waals surface area contributed by atoms with Crippen molar-refractivity contribution in [3.8, 4) is 11.8 Å². The highest BCUT2D eigenvalue weighted by molar-refractivity contribution is 5.40. The smallest absolute Gasteiger partial charge is 0.119 e. The zero-order valence-corrected chi connectivity index (χ0v) is 19.0. The van der Waals surface area contributed by atoms with E-state index in [9.17, 15) is 15.3 Å². The molecule has 30 heavy (non-hydrogen) atoms. The average molecular weight is 411 g/mol. The molecule has 3 aliphatic carbocycles. The van der Waals surface area contributed by atoms with Crippen molar-refractivity contribution in [2.24, 2.45) is 17.3 Å². The maximum atomic E-state index is 10.1. The quantitative estimate of drug-likeness (QED) is 0.460. The van der Waals surface area contributed by atoms with Crippen molar-refractivity contribution in [3.05, 3.63) is 47.1 Å². The van der Waals surface area contributed by atoms with Crippen molar-refractivity contribution in [1.82, 2.24) is 0 Å². The molecule has 0 heterocycles. The number of aliphatic hydroxyl groups is 3. The normalized spacial score (nSPS) is 35.6. The zero-order valence-electron chi connectivity index (χ0n) is 19.0. The molecule has 2 fully saturated rings. The van der Waals surface area contributed by atoms with E-state index in [1.165, 1.54) is 24.0 Å². The van der Waals surface area contributed by atoms with Gasteiger partial charge in [0.25, 0.3) is 0 Å². The highest BCUT2D eigenvalue weighted by Crippen LogP contribution is 2.56. The molecule has 0 saturated heterocycles. The summed E-state index contributed by atoms with van der Waals surface area (Å²) in [4.78, 5) is 0. The van der Waals surface area contributed by atoms with Crippen LogP contribution in [0.1, 0.15) is 72.6 Å². The number of rotatable bonds is 3. The summed E-state index contributed by atoms with van der Waals surface area (Å²) < 4.78 is 0. The van der Waals surface area contributed by atoms with Crippen LogP contribution in [0.5, 0.6) is 0 Å². The van der Waals surface area contributed by atoms with Crippen LogP contribution in [0, 0.1) is 29.1 Å². The van der Waals surface area contributed by atoms with E-state index in [1.807, 2.05) is 0 Å². The van der Waals surface area contributed by atoms with Gasteiger partial charge >= 0.3 is 0 Å². The second-order valence-electron chi connectivity index (χ2n) is 10.3. The SMILES string of the molecule is C=C1C(=CC=C2CCC[C@]3(C)C([C@H](C)CC#CC(C)(C)O)=CC[C@@H]23)C[C@@H](O)C[C@@H]1O. The molecule has 3 rings (SSSR count). The standard InChI is InChI=1S/C27H38O3/c1-18(8-6-14-26(3,4)30)23-12-13-24-20(9-7-15-27(23,24)5)10-11-21-16-22(28)17-25(29)19(21)2/h10-12,18,22,24-25,28-30H,2,7-9,13,15-17H2,1,3-5H3/t18-,22-,24+,25+,27-/m1/s1. The van der Waals surface area contributed by atoms with Gasteiger partial charge in [-0.25, -0.2) is 0 Å². The van der Waals surface area contributed by atoms with E-state index < -0.39 is 17.8 Å². The van der Waals surface area contributed by atoms with Gasteiger partial charge in [0, 0.05) is 12.8 Å². The first-order valence-corrected chi connectivity index (χ1v) is 11.4. The summed E-state index contributed by atoms with van der Waals surface area (Å²) in [5.74, 6) is 7.03. The molecule has 3 nitrogen and oxygen atoms in total. The van der Waals surface area contributed by atoms with Gasteiger partial charge in [0.1, 0.15) is 5.60 Å². The summed E-state index contributed by atoms with van der Waals surface area (Å²) in [6.45, 7) is 12.1. The lowest BCUT2D eigenvalue weighted by Crippen LogP contribution is -2.32. The molecule has 0 amide bonds. The molecule has 3 N–H and O–H groups in total. The molecule has 164 valence electrons. The van der Waals surface area contributed by atoms with Crippen molar-refractivity contribution in [2.75, 3.05) is 0 Å². The second-order valence-corrected chi connectivity index (χ2v) is 10.3. The molecular formula is C27H38O3. The first-order valence-electron chi connectivity index (χ1n) is 11.4. The monoisotopic (exact) mass is 410 g/mol. The predicted octanol–water partition coefficient (Wildman–Crippen LogP) is 4.85. The van der Waals surface area contributed by atoms with Gasteiger partial charge in [-0.1, -0.05) is 61.6 Å². The molecule has 3 aliphatic rings. The van der Waals surface area contributed by atoms with Crippen LogP contribution in [-0.4, -0.2) is 33.1 Å². The molecule has 0 aromatic heterocycles. The molecule has 5 atom stereocenters. The van der Waals surface area contributed by atoms with Crippen molar-refractivity contribution < 1.29 is 15.3 Å². The minimum absolute atomic E-state index is 0.168. The molecule has 0 radical (unpaired) electrons. The summed E-state index contributed by atoms with van der Waals surface area (Å²) >= 11 is 0. The maximum Gasteiger partial charge on any atom is 0.119 e. The minimum atomic E-state index is -0.936. The lowest BCUT2D eigenvalue weighted by atomic mass is 9.62. The van der Waals surface area contributed by atoms with E-state index in [-0.39, 0.29) is 5.41 Å². The first kappa shape index (κ1) is 23.1. The van der Waals surface area contributed by atoms with Crippen LogP contribution in [0.4, 0.5) is 0 Å². The number of allylic oxidation sites excluding steroid dienone is 5. The molecule has 0 spiro atoms. The van der Waals surface area contributed by atoms with Crippen LogP contribution in [0.15, 0.2) is 47.1 Å². The highest BCUT2D eigenvalue weighted by Gasteiger charge is 2.45. The molecule has 0 bridgehead atoms. The van der Waals surface area contributed by atoms with E-state index in [2.05, 4.69) is 50.5 Å². The van der Waals surface area contributed by atoms with Gasteiger partial charge in [-0.05, 0) is 74.3 Å². The topological polar surface area (TPSA) is 60.7 Å². The Hall–Kier alpha value is -1.60. The van der Waals surface area contributed by atoms with Gasteiger partial charge in [-0.2, -0.15) is 0 Å². The second kappa shape index (κ2) is 8.87. The molecule has 0 unspecified atom stereocenters. The molecule has 0 aliphatic heterocycles. The van der Waals surface area contributed by atoms with Gasteiger partial charge in [0.2, 0.25) is 0 Å². The molecule has 3 heteroatoms. The van der Waals surface area contributed by atoms with Crippen molar-refractivity contribution in [3.63, 3.8) is 0 Å². The van der Waals surface area contributed by atoms with Crippen molar-refractivity contribution in [2.45, 2.75) is 90.4 Å². The van der Waals surface area contributed by atoms with Crippen LogP contribution in [0.2, 0.25) is 0 Å². The van der Waals surface area contributed by atoms with Crippen molar-refractivity contribution in [1.29, 1.82) is 0 Å². The third-order valence-electron chi connectivity index (χ3n) is 7.21. The number of fused-ring (bicyclic) bond motifs is 1. The zero-order chi connectivity index (χ0) is 22.1. The third-order valence-corrected chi connectivity index (χ3v) is 7.21. The van der Waals surface area contributed by atoms with Gasteiger partial charge < -0.3 is 15.3 Å². The Balaban J connectivity index is 1.76. The van der Waals surface area contributed by atoms with E-state index >= 15 is 0 Å². The average Bonchev–Trinajstić information content (AvgIpc) is 3.00. The summed E-state index contributed by atoms with van der Waals surface area (Å²) in [5, 5.41) is 30.0. The number of aliphatic hydroxyl groups excluding tert-OH is 2. The summed E-state index contributed by atoms with van der Waals surface area (Å²) in [6.07, 6.45) is 11.9. The predicted molar refractivity (Wildman–Crippen MR) is 123 cm³/mol. The van der Waals surface area contributed by atoms with E-state index in [4.69, 9.17) is 0 Å². The maximum absolute atomic E-state index is 10.1. The van der Waals surface area contributed by atoms with Crippen LogP contribution in [0.25, 0.3) is 0 Å². The van der Waals surface area contributed by atoms with Gasteiger partial charge in [-0.3, -0.25) is 0 Å². The van der Waals surface area contributed by atoms with Crippen LogP contribution < -0.4 is 0 Å². The largest absolute Gasteiger partial charge is 0.393 e. The Labute approximate surface area is 182 Å². The van der Waals surface area contributed by atoms with Crippen LogP contribution in [-0.2, 0) is 0 Å². The molecule has 0 aromatic carbocycles. The Morgan fingerprint density at radius 3 is 2.77 bits per heavy atom. The fourth-order valence-electron chi connectivity index (χ4n) is 5.61. The first-order chi connectivity index (χ1) is 14.0. The van der Waals surface area contributed by atoms with E-state index in [1.54, 1.807) is 13.8 Å². The fraction of sp³-hybridized carbons (Fsp3) is 0.630. The lowest BCUT2D eigenvalue weighted by Gasteiger charge is -2.42. The fourth-order valence-corrected chi connectivity index (χ4v) is 5.61. The van der Waals surface area contributed by atoms with Gasteiger partial charge in [0.15, 0.2) is 0 Å². The Kier molecular flexibility index (Phi) is 6.82. The van der Waals surface area contributed by atoms with Gasteiger partial charge in [-0.15, -0.1) is 0 Å². The van der Waals surface area contributed by atoms with E-state index in [0.717, 1.165) is 30.4 Å². The van der Waals surface area contributed by atoms with Crippen LogP contribution >= 0.6 is 0 Å². The Morgan fingerprint density at radius 1 is 1.33 bits per heavy atom. The van der Waals surface area contributed by atoms with E-state index in [0.29, 0.717) is 24.7 Å². The highest BCUT2D eigenvalue weighted by atomic mass is 16.3. The van der Waals surface area contributed by atoms with Crippen molar-refractivity contribution >= 4 is 0 Å². The van der Waals surface area contributed by atoms with Gasteiger partial charge in [0.05, 0.1) is 12.2 Å². The minimum Gasteiger partial charge on any atom is -0.393 e. The summed E-state index contributed by atoms with van der Waals surface area (Å²) in [7, 11) is 0. The summed E-state index contributed by atoms with van der Waals surface area (Å²) in [6, 6.07) is 0.